The first-order valence-corrected chi connectivity index (χ1v) is 13.3. The Balaban J connectivity index is 1.38. The Morgan fingerprint density at radius 1 is 1.07 bits per heavy atom. The molecule has 0 atom stereocenters. The Hall–Kier alpha value is -5.52. The molecule has 4 heterocycles. The van der Waals surface area contributed by atoms with Gasteiger partial charge in [-0.1, -0.05) is 11.6 Å². The van der Waals surface area contributed by atoms with Crippen molar-refractivity contribution in [3.63, 3.8) is 0 Å². The Labute approximate surface area is 255 Å². The summed E-state index contributed by atoms with van der Waals surface area (Å²) in [5.74, 6) is -1.51. The quantitative estimate of drug-likeness (QED) is 0.204. The molecule has 0 spiro atoms. The molecule has 4 aromatic rings. The van der Waals surface area contributed by atoms with Gasteiger partial charge in [-0.15, -0.1) is 0 Å². The van der Waals surface area contributed by atoms with Crippen LogP contribution in [0, 0.1) is 10.1 Å². The molecule has 45 heavy (non-hydrogen) atoms. The monoisotopic (exact) mass is 647 g/mol. The second-order valence-corrected chi connectivity index (χ2v) is 10.1. The molecule has 1 aromatic carbocycles. The Bertz CT molecular complexity index is 1820. The fourth-order valence-electron chi connectivity index (χ4n) is 4.70. The zero-order valence-corrected chi connectivity index (χ0v) is 23.8. The first-order valence-electron chi connectivity index (χ1n) is 12.9. The van der Waals surface area contributed by atoms with Gasteiger partial charge in [0, 0.05) is 45.0 Å². The van der Waals surface area contributed by atoms with Crippen molar-refractivity contribution in [2.75, 3.05) is 31.5 Å². The minimum Gasteiger partial charge on any atom is -0.465 e. The van der Waals surface area contributed by atoms with E-state index in [-0.39, 0.29) is 71.0 Å². The third-order valence-electron chi connectivity index (χ3n) is 6.99. The minimum absolute atomic E-state index is 0.00690. The maximum Gasteiger partial charge on any atom is 0.435 e. The van der Waals surface area contributed by atoms with Crippen LogP contribution in [0.4, 0.5) is 29.3 Å². The van der Waals surface area contributed by atoms with Gasteiger partial charge in [0.1, 0.15) is 6.20 Å². The summed E-state index contributed by atoms with van der Waals surface area (Å²) in [5.41, 5.74) is -2.30. The van der Waals surface area contributed by atoms with Crippen LogP contribution in [-0.2, 0) is 13.2 Å². The molecule has 0 unspecified atom stereocenters. The van der Waals surface area contributed by atoms with E-state index >= 15 is 0 Å². The molecule has 0 bridgehead atoms. The summed E-state index contributed by atoms with van der Waals surface area (Å²) in [6.45, 7) is 0.646. The van der Waals surface area contributed by atoms with Gasteiger partial charge in [-0.25, -0.2) is 14.8 Å². The highest BCUT2D eigenvalue weighted by molar-refractivity contribution is 6.34. The number of carbonyl (C=O) groups excluding carboxylic acids is 2. The second kappa shape index (κ2) is 11.9. The Morgan fingerprint density at radius 2 is 1.76 bits per heavy atom. The number of anilines is 1. The lowest BCUT2D eigenvalue weighted by molar-refractivity contribution is -0.385. The van der Waals surface area contributed by atoms with Crippen molar-refractivity contribution in [1.29, 1.82) is 0 Å². The number of rotatable bonds is 6. The van der Waals surface area contributed by atoms with Gasteiger partial charge in [0.15, 0.2) is 11.5 Å². The first kappa shape index (κ1) is 30.9. The number of carbonyl (C=O) groups is 3. The predicted octanol–water partition coefficient (Wildman–Crippen LogP) is 4.14. The van der Waals surface area contributed by atoms with E-state index in [0.717, 1.165) is 29.1 Å². The highest BCUT2D eigenvalue weighted by Crippen LogP contribution is 2.41. The summed E-state index contributed by atoms with van der Waals surface area (Å²) >= 11 is 6.33. The molecule has 1 fully saturated rings. The van der Waals surface area contributed by atoms with Crippen LogP contribution in [0.15, 0.2) is 42.7 Å². The number of aromatic amines is 1. The van der Waals surface area contributed by atoms with Crippen LogP contribution in [0.3, 0.4) is 0 Å². The zero-order chi connectivity index (χ0) is 32.6. The summed E-state index contributed by atoms with van der Waals surface area (Å²) in [6.07, 6.45) is -4.06. The van der Waals surface area contributed by atoms with Crippen LogP contribution in [0.2, 0.25) is 5.02 Å². The molecule has 3 aromatic heterocycles. The Kier molecular flexibility index (Phi) is 8.16. The number of aromatic nitrogens is 5. The van der Waals surface area contributed by atoms with Gasteiger partial charge in [-0.2, -0.15) is 18.3 Å². The van der Waals surface area contributed by atoms with Crippen molar-refractivity contribution in [1.82, 2.24) is 34.5 Å². The van der Waals surface area contributed by atoms with Crippen molar-refractivity contribution in [2.24, 2.45) is 7.05 Å². The lowest BCUT2D eigenvalue weighted by atomic mass is 10.1. The van der Waals surface area contributed by atoms with Crippen molar-refractivity contribution in [3.8, 4) is 22.6 Å². The SMILES string of the molecule is Cn1c(-c2c(C(F)(F)F)n[nH]c2-c2ccc([N+](=O)[O-])cn2)cnc1C(=O)Nc1ccc(C(=O)N2CCN(C(=O)O)CC2)c(Cl)c1. The molecule has 1 saturated heterocycles. The van der Waals surface area contributed by atoms with Crippen LogP contribution in [0.25, 0.3) is 22.6 Å². The van der Waals surface area contributed by atoms with Gasteiger partial charge in [0.05, 0.1) is 44.4 Å². The number of piperazine rings is 1. The van der Waals surface area contributed by atoms with Crippen LogP contribution in [0.5, 0.6) is 0 Å². The fraction of sp³-hybridized carbons (Fsp3) is 0.231. The van der Waals surface area contributed by atoms with Gasteiger partial charge < -0.3 is 24.8 Å². The molecule has 0 saturated carbocycles. The lowest BCUT2D eigenvalue weighted by Crippen LogP contribution is -2.50. The van der Waals surface area contributed by atoms with E-state index in [1.165, 1.54) is 35.0 Å². The van der Waals surface area contributed by atoms with E-state index in [1.54, 1.807) is 0 Å². The number of pyridine rings is 1. The zero-order valence-electron chi connectivity index (χ0n) is 23.0. The molecule has 0 radical (unpaired) electrons. The van der Waals surface area contributed by atoms with Crippen molar-refractivity contribution in [2.45, 2.75) is 6.18 Å². The first-order chi connectivity index (χ1) is 21.3. The third-order valence-corrected chi connectivity index (χ3v) is 7.30. The molecule has 1 aliphatic heterocycles. The van der Waals surface area contributed by atoms with Crippen LogP contribution < -0.4 is 5.32 Å². The predicted molar refractivity (Wildman–Crippen MR) is 151 cm³/mol. The number of hydrogen-bond donors (Lipinski definition) is 3. The summed E-state index contributed by atoms with van der Waals surface area (Å²) in [6, 6.07) is 6.35. The van der Waals surface area contributed by atoms with E-state index < -0.39 is 40.3 Å². The van der Waals surface area contributed by atoms with E-state index in [9.17, 15) is 37.7 Å². The van der Waals surface area contributed by atoms with E-state index in [0.29, 0.717) is 0 Å². The summed E-state index contributed by atoms with van der Waals surface area (Å²) in [7, 11) is 1.32. The highest BCUT2D eigenvalue weighted by atomic mass is 35.5. The van der Waals surface area contributed by atoms with Gasteiger partial charge in [0.2, 0.25) is 0 Å². The molecular weight excluding hydrogens is 627 g/mol. The number of hydrogen-bond acceptors (Lipinski definition) is 8. The average Bonchev–Trinajstić information content (AvgIpc) is 3.60. The van der Waals surface area contributed by atoms with E-state index in [2.05, 4.69) is 25.5 Å². The number of nitro groups is 1. The molecule has 0 aliphatic carbocycles. The number of imidazole rings is 1. The summed E-state index contributed by atoms with van der Waals surface area (Å²) in [4.78, 5) is 58.0. The standard InChI is InChI=1S/C26H21ClF3N9O6/c1-36-18(19-20(34-35-21(19)26(28,29)30)17-5-3-14(11-31-17)39(44)45)12-32-22(36)23(40)33-13-2-4-15(16(27)10-13)24(41)37-6-8-38(9-7-37)25(42)43/h2-5,10-12H,6-9H2,1H3,(H,33,40)(H,34,35)(H,42,43). The molecule has 19 heteroatoms. The minimum atomic E-state index is -4.92. The number of benzene rings is 1. The second-order valence-electron chi connectivity index (χ2n) is 9.72. The van der Waals surface area contributed by atoms with Crippen LogP contribution in [0.1, 0.15) is 26.7 Å². The van der Waals surface area contributed by atoms with E-state index in [4.69, 9.17) is 16.7 Å². The highest BCUT2D eigenvalue weighted by Gasteiger charge is 2.40. The number of alkyl halides is 3. The number of nitrogens with zero attached hydrogens (tertiary/aromatic N) is 7. The van der Waals surface area contributed by atoms with Crippen LogP contribution >= 0.6 is 11.6 Å². The fourth-order valence-corrected chi connectivity index (χ4v) is 4.96. The molecule has 1 aliphatic rings. The maximum absolute atomic E-state index is 13.9. The lowest BCUT2D eigenvalue weighted by Gasteiger charge is -2.33. The van der Waals surface area contributed by atoms with Crippen molar-refractivity contribution in [3.05, 3.63) is 74.9 Å². The molecular formula is C26H21ClF3N9O6. The van der Waals surface area contributed by atoms with Gasteiger partial charge >= 0.3 is 12.3 Å². The smallest absolute Gasteiger partial charge is 0.435 e. The largest absolute Gasteiger partial charge is 0.465 e. The molecule has 3 amide bonds. The third kappa shape index (κ3) is 6.12. The number of carboxylic acid groups (broad SMARTS) is 1. The number of amides is 3. The van der Waals surface area contributed by atoms with Gasteiger partial charge in [-0.3, -0.25) is 24.8 Å². The van der Waals surface area contributed by atoms with Crippen molar-refractivity contribution >= 4 is 40.9 Å². The van der Waals surface area contributed by atoms with Crippen molar-refractivity contribution < 1.29 is 37.6 Å². The number of nitrogens with one attached hydrogen (secondary N) is 2. The number of halogens is 4. The summed E-state index contributed by atoms with van der Waals surface area (Å²) < 4.78 is 43.0. The summed E-state index contributed by atoms with van der Waals surface area (Å²) in [5, 5.41) is 28.3. The number of H-pyrrole nitrogens is 1. The molecule has 3 N–H and O–H groups in total. The average molecular weight is 648 g/mol. The normalized spacial score (nSPS) is 13.5. The molecule has 234 valence electrons. The molecule has 15 nitrogen and oxygen atoms in total. The topological polar surface area (TPSA) is 192 Å². The maximum atomic E-state index is 13.9. The van der Waals surface area contributed by atoms with E-state index in [1.807, 2.05) is 0 Å². The molecule has 5 rings (SSSR count). The van der Waals surface area contributed by atoms with Gasteiger partial charge in [-0.05, 0) is 24.3 Å². The Morgan fingerprint density at radius 3 is 2.33 bits per heavy atom. The van der Waals surface area contributed by atoms with Crippen LogP contribution in [-0.4, -0.2) is 88.6 Å². The van der Waals surface area contributed by atoms with Gasteiger partial charge in [0.25, 0.3) is 17.5 Å².